The van der Waals surface area contributed by atoms with Gasteiger partial charge in [-0.1, -0.05) is 0 Å². The maximum Gasteiger partial charge on any atom is 0.490 e. The monoisotopic (exact) mass is 518 g/mol. The molecule has 8 N–H and O–H groups in total. The average Bonchev–Trinajstić information content (AvgIpc) is 3.24. The van der Waals surface area contributed by atoms with Gasteiger partial charge in [0.1, 0.15) is 29.6 Å². The fraction of sp³-hybridized carbons (Fsp3) is 0.545. The number of aliphatic hydroxyl groups excluding tert-OH is 1. The third kappa shape index (κ3) is 4.64. The summed E-state index contributed by atoms with van der Waals surface area (Å²) in [5.74, 6) is 0.120. The molecule has 4 unspecified atom stereocenters. The second kappa shape index (κ2) is 7.85. The lowest BCUT2D eigenvalue weighted by atomic mass is 10.00. The standard InChI is InChI=1S/C11H17N6O12P3/c12-8-6-9(14-3-13-8)17(4-15-6)10-11(2-16-11)7(18)5(27-10)1-26-31(22,23)29-32(24,25)28-30(19,20)21/h3-5,7,10,16,18H,1-2H2,(H,22,23)(H,24,25)(H2,12,13,14)(H2,19,20,21)/t5-,7?,10?,11+/m1/s1. The van der Waals surface area contributed by atoms with Crippen LogP contribution in [0.5, 0.6) is 0 Å². The normalized spacial score (nSPS) is 31.6. The van der Waals surface area contributed by atoms with E-state index in [0.29, 0.717) is 12.2 Å². The molecule has 4 rings (SSSR count). The highest BCUT2D eigenvalue weighted by Crippen LogP contribution is 2.66. The Bertz CT molecular complexity index is 1180. The molecule has 2 saturated heterocycles. The first-order valence-corrected chi connectivity index (χ1v) is 13.1. The van der Waals surface area contributed by atoms with Gasteiger partial charge in [0.15, 0.2) is 17.7 Å². The molecule has 4 heterocycles. The van der Waals surface area contributed by atoms with Crippen LogP contribution in [0.3, 0.4) is 0 Å². The van der Waals surface area contributed by atoms with Crippen LogP contribution >= 0.6 is 23.5 Å². The van der Waals surface area contributed by atoms with E-state index < -0.39 is 54.0 Å². The van der Waals surface area contributed by atoms with E-state index >= 15 is 0 Å². The van der Waals surface area contributed by atoms with Crippen LogP contribution in [-0.2, 0) is 31.6 Å². The number of imidazole rings is 1. The molecule has 2 aliphatic rings. The summed E-state index contributed by atoms with van der Waals surface area (Å²) in [6, 6.07) is 0. The Morgan fingerprint density at radius 1 is 1.19 bits per heavy atom. The number of anilines is 1. The third-order valence-corrected chi connectivity index (χ3v) is 8.47. The van der Waals surface area contributed by atoms with Crippen LogP contribution in [0.15, 0.2) is 12.7 Å². The van der Waals surface area contributed by atoms with Gasteiger partial charge in [-0.25, -0.2) is 28.6 Å². The molecule has 18 nitrogen and oxygen atoms in total. The molecule has 21 heteroatoms. The quantitative estimate of drug-likeness (QED) is 0.152. The SMILES string of the molecule is Nc1ncnc2c1ncn2C1O[C@H](COP(=O)(O)OP(=O)(O)OP(=O)(O)O)C(O)[C@@]12CN2. The number of phosphoric acid groups is 3. The molecular weight excluding hydrogens is 501 g/mol. The Hall–Kier alpha value is -1.36. The van der Waals surface area contributed by atoms with Crippen molar-refractivity contribution in [2.45, 2.75) is 24.0 Å². The number of rotatable bonds is 8. The summed E-state index contributed by atoms with van der Waals surface area (Å²) in [6.45, 7) is -0.515. The Labute approximate surface area is 177 Å². The molecule has 178 valence electrons. The third-order valence-electron chi connectivity index (χ3n) is 4.67. The van der Waals surface area contributed by atoms with Crippen LogP contribution in [0.4, 0.5) is 5.82 Å². The van der Waals surface area contributed by atoms with Crippen molar-refractivity contribution >= 4 is 40.4 Å². The summed E-state index contributed by atoms with van der Waals surface area (Å²) in [6.07, 6.45) is -0.847. The summed E-state index contributed by atoms with van der Waals surface area (Å²) in [5, 5.41) is 13.6. The first-order valence-electron chi connectivity index (χ1n) is 8.53. The molecule has 0 aromatic carbocycles. The van der Waals surface area contributed by atoms with E-state index in [4.69, 9.17) is 20.3 Å². The van der Waals surface area contributed by atoms with Crippen molar-refractivity contribution in [3.8, 4) is 0 Å². The van der Waals surface area contributed by atoms with Crippen molar-refractivity contribution in [1.29, 1.82) is 0 Å². The maximum atomic E-state index is 11.9. The number of nitrogen functional groups attached to an aromatic ring is 1. The van der Waals surface area contributed by atoms with E-state index in [2.05, 4.69) is 33.4 Å². The number of hydrogen-bond donors (Lipinski definition) is 7. The molecule has 2 fully saturated rings. The number of nitrogens with one attached hydrogen (secondary N) is 1. The highest BCUT2D eigenvalue weighted by Gasteiger charge is 2.65. The summed E-state index contributed by atoms with van der Waals surface area (Å²) >= 11 is 0. The molecule has 6 atom stereocenters. The van der Waals surface area contributed by atoms with E-state index in [0.717, 1.165) is 0 Å². The number of ether oxygens (including phenoxy) is 1. The van der Waals surface area contributed by atoms with Gasteiger partial charge in [0.2, 0.25) is 0 Å². The van der Waals surface area contributed by atoms with Crippen LogP contribution in [-0.4, -0.2) is 75.1 Å². The zero-order valence-electron chi connectivity index (χ0n) is 15.6. The molecule has 0 aliphatic carbocycles. The summed E-state index contributed by atoms with van der Waals surface area (Å²) in [5.41, 5.74) is 5.34. The van der Waals surface area contributed by atoms with Crippen molar-refractivity contribution in [2.75, 3.05) is 18.9 Å². The van der Waals surface area contributed by atoms with Gasteiger partial charge in [-0.15, -0.1) is 0 Å². The molecule has 1 spiro atoms. The van der Waals surface area contributed by atoms with Crippen molar-refractivity contribution in [3.63, 3.8) is 0 Å². The minimum absolute atomic E-state index is 0.120. The number of aromatic nitrogens is 4. The summed E-state index contributed by atoms with van der Waals surface area (Å²) in [4.78, 5) is 47.9. The number of hydrogen-bond acceptors (Lipinski definition) is 13. The van der Waals surface area contributed by atoms with Crippen LogP contribution in [0, 0.1) is 0 Å². The Kier molecular flexibility index (Phi) is 5.84. The van der Waals surface area contributed by atoms with Crippen molar-refractivity contribution < 1.29 is 56.3 Å². The van der Waals surface area contributed by atoms with Gasteiger partial charge in [0, 0.05) is 6.54 Å². The van der Waals surface area contributed by atoms with Crippen LogP contribution < -0.4 is 11.1 Å². The molecule has 32 heavy (non-hydrogen) atoms. The summed E-state index contributed by atoms with van der Waals surface area (Å²) < 4.78 is 53.1. The van der Waals surface area contributed by atoms with Crippen molar-refractivity contribution in [1.82, 2.24) is 24.8 Å². The molecule has 0 amide bonds. The van der Waals surface area contributed by atoms with Crippen LogP contribution in [0.1, 0.15) is 6.23 Å². The number of aliphatic hydroxyl groups is 1. The summed E-state index contributed by atoms with van der Waals surface area (Å²) in [7, 11) is -16.6. The van der Waals surface area contributed by atoms with Crippen molar-refractivity contribution in [2.24, 2.45) is 0 Å². The minimum atomic E-state index is -5.66. The van der Waals surface area contributed by atoms with Gasteiger partial charge in [0.05, 0.1) is 12.9 Å². The second-order valence-electron chi connectivity index (χ2n) is 6.84. The van der Waals surface area contributed by atoms with Gasteiger partial charge in [-0.3, -0.25) is 9.09 Å². The average molecular weight is 518 g/mol. The molecule has 0 saturated carbocycles. The van der Waals surface area contributed by atoms with E-state index in [-0.39, 0.29) is 11.3 Å². The maximum absolute atomic E-state index is 11.9. The predicted molar refractivity (Wildman–Crippen MR) is 100 cm³/mol. The predicted octanol–water partition coefficient (Wildman–Crippen LogP) is -1.65. The molecule has 0 bridgehead atoms. The second-order valence-corrected chi connectivity index (χ2v) is 11.3. The van der Waals surface area contributed by atoms with E-state index in [1.807, 2.05) is 0 Å². The number of phosphoric ester groups is 1. The fourth-order valence-corrected chi connectivity index (χ4v) is 6.31. The van der Waals surface area contributed by atoms with Gasteiger partial charge in [-0.2, -0.15) is 8.62 Å². The van der Waals surface area contributed by atoms with E-state index in [9.17, 15) is 28.6 Å². The molecule has 2 aromatic rings. The fourth-order valence-electron chi connectivity index (χ4n) is 3.28. The van der Waals surface area contributed by atoms with Crippen molar-refractivity contribution in [3.05, 3.63) is 12.7 Å². The lowest BCUT2D eigenvalue weighted by molar-refractivity contribution is -0.0433. The van der Waals surface area contributed by atoms with Gasteiger partial charge < -0.3 is 40.5 Å². The lowest BCUT2D eigenvalue weighted by Crippen LogP contribution is -2.39. The topological polar surface area (TPSA) is 281 Å². The molecule has 2 aromatic heterocycles. The number of nitrogens with zero attached hydrogens (tertiary/aromatic N) is 4. The van der Waals surface area contributed by atoms with Crippen LogP contribution in [0.2, 0.25) is 0 Å². The van der Waals surface area contributed by atoms with Gasteiger partial charge in [0.25, 0.3) is 0 Å². The zero-order chi connectivity index (χ0) is 23.5. The molecule has 0 radical (unpaired) electrons. The highest BCUT2D eigenvalue weighted by atomic mass is 31.3. The van der Waals surface area contributed by atoms with Crippen LogP contribution in [0.25, 0.3) is 11.2 Å². The number of nitrogens with two attached hydrogens (primary N) is 1. The zero-order valence-corrected chi connectivity index (χ0v) is 18.3. The highest BCUT2D eigenvalue weighted by molar-refractivity contribution is 7.66. The Balaban J connectivity index is 1.48. The smallest absolute Gasteiger partial charge is 0.388 e. The Morgan fingerprint density at radius 2 is 1.88 bits per heavy atom. The van der Waals surface area contributed by atoms with Gasteiger partial charge >= 0.3 is 23.5 Å². The molecular formula is C11H17N6O12P3. The first-order chi connectivity index (χ1) is 14.7. The van der Waals surface area contributed by atoms with E-state index in [1.165, 1.54) is 17.2 Å². The number of fused-ring (bicyclic) bond motifs is 1. The van der Waals surface area contributed by atoms with E-state index in [1.54, 1.807) is 0 Å². The molecule has 2 aliphatic heterocycles. The first kappa shape index (κ1) is 23.8. The lowest BCUT2D eigenvalue weighted by Gasteiger charge is -2.19. The van der Waals surface area contributed by atoms with Gasteiger partial charge in [-0.05, 0) is 0 Å². The Morgan fingerprint density at radius 3 is 2.50 bits per heavy atom. The minimum Gasteiger partial charge on any atom is -0.388 e. The largest absolute Gasteiger partial charge is 0.490 e.